The van der Waals surface area contributed by atoms with Gasteiger partial charge in [0.05, 0.1) is 19.3 Å². The lowest BCUT2D eigenvalue weighted by Gasteiger charge is -2.29. The van der Waals surface area contributed by atoms with Gasteiger partial charge < -0.3 is 4.74 Å². The molecule has 128 valence electrons. The smallest absolute Gasteiger partial charge is 0.410 e. The van der Waals surface area contributed by atoms with Crippen LogP contribution in [-0.2, 0) is 22.0 Å². The van der Waals surface area contributed by atoms with E-state index in [1.807, 2.05) is 0 Å². The third kappa shape index (κ3) is 3.04. The molecule has 1 atom stereocenters. The topological polar surface area (TPSA) is 64.4 Å². The number of Topliss-reactive ketones (excluding diaryl/α,β-unsaturated/α-hetero) is 1. The molecular formula is C14H18F3N3O3. The molecule has 1 aliphatic rings. The first-order valence-electron chi connectivity index (χ1n) is 6.94. The van der Waals surface area contributed by atoms with Gasteiger partial charge in [-0.1, -0.05) is 0 Å². The lowest BCUT2D eigenvalue weighted by atomic mass is 9.79. The second kappa shape index (κ2) is 5.24. The number of hydrogen-bond acceptors (Lipinski definition) is 4. The Labute approximate surface area is 131 Å². The minimum Gasteiger partial charge on any atom is -0.444 e. The van der Waals surface area contributed by atoms with Gasteiger partial charge in [0.15, 0.2) is 11.2 Å². The second-order valence-corrected chi connectivity index (χ2v) is 6.57. The predicted molar refractivity (Wildman–Crippen MR) is 73.8 cm³/mol. The number of carbonyl (C=O) groups excluding carboxylic acids is 2. The minimum absolute atomic E-state index is 0.274. The van der Waals surface area contributed by atoms with Crippen LogP contribution in [0.15, 0.2) is 12.4 Å². The van der Waals surface area contributed by atoms with Crippen LogP contribution < -0.4 is 0 Å². The molecule has 23 heavy (non-hydrogen) atoms. The Hall–Kier alpha value is -2.06. The largest absolute Gasteiger partial charge is 0.444 e. The molecule has 1 aromatic heterocycles. The van der Waals surface area contributed by atoms with E-state index in [1.54, 1.807) is 20.8 Å². The number of aryl methyl sites for hydroxylation is 1. The number of hydrogen-bond donors (Lipinski definition) is 0. The maximum absolute atomic E-state index is 13.7. The summed E-state index contributed by atoms with van der Waals surface area (Å²) in [6.07, 6.45) is -3.64. The lowest BCUT2D eigenvalue weighted by molar-refractivity contribution is -0.188. The van der Waals surface area contributed by atoms with Crippen LogP contribution in [0.4, 0.5) is 18.0 Å². The summed E-state index contributed by atoms with van der Waals surface area (Å²) in [5.74, 6) is -1.09. The molecule has 1 aliphatic heterocycles. The number of ketones is 1. The van der Waals surface area contributed by atoms with Crippen LogP contribution in [0.5, 0.6) is 0 Å². The van der Waals surface area contributed by atoms with Crippen LogP contribution in [0.25, 0.3) is 0 Å². The molecule has 0 aromatic carbocycles. The van der Waals surface area contributed by atoms with E-state index in [4.69, 9.17) is 4.74 Å². The van der Waals surface area contributed by atoms with Gasteiger partial charge in [0.25, 0.3) is 0 Å². The molecule has 1 saturated heterocycles. The number of rotatable bonds is 1. The summed E-state index contributed by atoms with van der Waals surface area (Å²) >= 11 is 0. The zero-order valence-electron chi connectivity index (χ0n) is 13.3. The van der Waals surface area contributed by atoms with Crippen molar-refractivity contribution in [1.29, 1.82) is 0 Å². The van der Waals surface area contributed by atoms with E-state index in [2.05, 4.69) is 5.10 Å². The summed E-state index contributed by atoms with van der Waals surface area (Å²) in [6.45, 7) is 3.34. The van der Waals surface area contributed by atoms with Crippen molar-refractivity contribution < 1.29 is 27.5 Å². The number of carbonyl (C=O) groups is 2. The van der Waals surface area contributed by atoms with Crippen molar-refractivity contribution in [2.24, 2.45) is 7.05 Å². The van der Waals surface area contributed by atoms with E-state index < -0.39 is 42.2 Å². The van der Waals surface area contributed by atoms with Crippen molar-refractivity contribution in [3.63, 3.8) is 0 Å². The molecule has 0 spiro atoms. The zero-order valence-corrected chi connectivity index (χ0v) is 13.3. The molecule has 2 heterocycles. The van der Waals surface area contributed by atoms with E-state index in [0.717, 1.165) is 17.3 Å². The Kier molecular flexibility index (Phi) is 3.94. The molecule has 0 aliphatic carbocycles. The molecule has 0 radical (unpaired) electrons. The predicted octanol–water partition coefficient (Wildman–Crippen LogP) is 2.04. The van der Waals surface area contributed by atoms with Crippen LogP contribution in [0.2, 0.25) is 0 Å². The van der Waals surface area contributed by atoms with Gasteiger partial charge in [-0.15, -0.1) is 0 Å². The quantitative estimate of drug-likeness (QED) is 0.789. The average molecular weight is 333 g/mol. The van der Waals surface area contributed by atoms with E-state index in [0.29, 0.717) is 0 Å². The summed E-state index contributed by atoms with van der Waals surface area (Å²) in [7, 11) is 1.46. The summed E-state index contributed by atoms with van der Waals surface area (Å²) < 4.78 is 47.3. The van der Waals surface area contributed by atoms with Gasteiger partial charge in [-0.2, -0.15) is 18.3 Å². The Morgan fingerprint density at radius 1 is 1.35 bits per heavy atom. The Balaban J connectivity index is 2.38. The Bertz CT molecular complexity index is 633. The van der Waals surface area contributed by atoms with Crippen molar-refractivity contribution >= 4 is 11.9 Å². The molecule has 0 N–H and O–H groups in total. The summed E-state index contributed by atoms with van der Waals surface area (Å²) in [4.78, 5) is 25.0. The summed E-state index contributed by atoms with van der Waals surface area (Å²) in [6, 6.07) is 0. The number of amides is 1. The van der Waals surface area contributed by atoms with Crippen LogP contribution in [0.1, 0.15) is 26.3 Å². The zero-order chi connectivity index (χ0) is 17.6. The second-order valence-electron chi connectivity index (χ2n) is 6.57. The summed E-state index contributed by atoms with van der Waals surface area (Å²) in [5, 5.41) is 3.71. The van der Waals surface area contributed by atoms with Crippen LogP contribution in [0.3, 0.4) is 0 Å². The minimum atomic E-state index is -4.84. The number of nitrogens with zero attached hydrogens (tertiary/aromatic N) is 3. The van der Waals surface area contributed by atoms with Gasteiger partial charge in [0.1, 0.15) is 5.60 Å². The molecule has 0 bridgehead atoms. The molecule has 2 rings (SSSR count). The highest BCUT2D eigenvalue weighted by Gasteiger charge is 2.66. The van der Waals surface area contributed by atoms with E-state index >= 15 is 0 Å². The van der Waals surface area contributed by atoms with Crippen molar-refractivity contribution in [3.05, 3.63) is 18.0 Å². The standard InChI is InChI=1S/C14H18F3N3O3/c1-12(2,3)23-11(22)20-7-10(21)13(8-20,14(15,16)17)9-5-18-19(4)6-9/h5-6H,7-8H2,1-4H3. The monoisotopic (exact) mass is 333 g/mol. The number of aromatic nitrogens is 2. The molecule has 9 heteroatoms. The molecule has 1 amide bonds. The van der Waals surface area contributed by atoms with E-state index in [9.17, 15) is 22.8 Å². The van der Waals surface area contributed by atoms with Crippen LogP contribution in [0, 0.1) is 0 Å². The van der Waals surface area contributed by atoms with Gasteiger partial charge in [-0.05, 0) is 20.8 Å². The van der Waals surface area contributed by atoms with Gasteiger partial charge in [0.2, 0.25) is 0 Å². The van der Waals surface area contributed by atoms with Gasteiger partial charge in [-0.3, -0.25) is 14.4 Å². The van der Waals surface area contributed by atoms with Crippen LogP contribution in [-0.4, -0.2) is 51.4 Å². The molecule has 1 aromatic rings. The molecule has 0 saturated carbocycles. The normalized spacial score (nSPS) is 22.6. The van der Waals surface area contributed by atoms with Crippen LogP contribution >= 0.6 is 0 Å². The average Bonchev–Trinajstić information content (AvgIpc) is 2.90. The Morgan fingerprint density at radius 2 is 1.96 bits per heavy atom. The highest BCUT2D eigenvalue weighted by atomic mass is 19.4. The molecule has 1 unspecified atom stereocenters. The van der Waals surface area contributed by atoms with Gasteiger partial charge >= 0.3 is 12.3 Å². The Morgan fingerprint density at radius 3 is 2.39 bits per heavy atom. The van der Waals surface area contributed by atoms with Crippen molar-refractivity contribution in [3.8, 4) is 0 Å². The summed E-state index contributed by atoms with van der Waals surface area (Å²) in [5.41, 5.74) is -3.90. The molecule has 1 fully saturated rings. The fourth-order valence-corrected chi connectivity index (χ4v) is 2.50. The van der Waals surface area contributed by atoms with E-state index in [1.165, 1.54) is 11.7 Å². The fourth-order valence-electron chi connectivity index (χ4n) is 2.50. The highest BCUT2D eigenvalue weighted by Crippen LogP contribution is 2.45. The fraction of sp³-hybridized carbons (Fsp3) is 0.643. The van der Waals surface area contributed by atoms with Crippen molar-refractivity contribution in [1.82, 2.24) is 14.7 Å². The van der Waals surface area contributed by atoms with Gasteiger partial charge in [0, 0.05) is 18.8 Å². The first-order valence-corrected chi connectivity index (χ1v) is 6.94. The first kappa shape index (κ1) is 17.3. The maximum Gasteiger partial charge on any atom is 0.410 e. The van der Waals surface area contributed by atoms with Gasteiger partial charge in [-0.25, -0.2) is 4.79 Å². The maximum atomic E-state index is 13.7. The molecular weight excluding hydrogens is 315 g/mol. The SMILES string of the molecule is Cn1cc(C2(C(F)(F)F)CN(C(=O)OC(C)(C)C)CC2=O)cn1. The number of halogens is 3. The van der Waals surface area contributed by atoms with Crippen molar-refractivity contribution in [2.45, 2.75) is 38.0 Å². The first-order chi connectivity index (χ1) is 10.4. The number of ether oxygens (including phenoxy) is 1. The number of alkyl halides is 3. The van der Waals surface area contributed by atoms with Crippen molar-refractivity contribution in [2.75, 3.05) is 13.1 Å². The third-order valence-corrected chi connectivity index (χ3v) is 3.57. The van der Waals surface area contributed by atoms with E-state index in [-0.39, 0.29) is 5.56 Å². The lowest BCUT2D eigenvalue weighted by Crippen LogP contribution is -2.49. The number of likely N-dealkylation sites (tertiary alicyclic amines) is 1. The highest BCUT2D eigenvalue weighted by molar-refractivity contribution is 5.97. The molecule has 6 nitrogen and oxygen atoms in total. The third-order valence-electron chi connectivity index (χ3n) is 3.57.